The Morgan fingerprint density at radius 3 is 2.54 bits per heavy atom. The van der Waals surface area contributed by atoms with E-state index < -0.39 is 0 Å². The van der Waals surface area contributed by atoms with Gasteiger partial charge in [0.05, 0.1) is 19.2 Å². The van der Waals surface area contributed by atoms with Crippen LogP contribution >= 0.6 is 0 Å². The van der Waals surface area contributed by atoms with Crippen LogP contribution in [0.5, 0.6) is 0 Å². The molecule has 0 saturated carbocycles. The number of hydrogen-bond donors (Lipinski definition) is 1. The second kappa shape index (κ2) is 10.9. The quantitative estimate of drug-likeness (QED) is 0.370. The van der Waals surface area contributed by atoms with Crippen molar-refractivity contribution < 1.29 is 4.74 Å². The van der Waals surface area contributed by atoms with Gasteiger partial charge in [-0.1, -0.05) is 42.8 Å². The highest BCUT2D eigenvalue weighted by molar-refractivity contribution is 5.83. The lowest BCUT2D eigenvalue weighted by atomic mass is 10.0. The van der Waals surface area contributed by atoms with Gasteiger partial charge in [-0.25, -0.2) is 4.68 Å². The molecule has 0 amide bonds. The first-order chi connectivity index (χ1) is 16.9. The third kappa shape index (κ3) is 5.66. The topological polar surface area (TPSA) is 88.9 Å². The fraction of sp³-hybridized carbons (Fsp3) is 0.407. The number of ether oxygens (including phenoxy) is 1. The van der Waals surface area contributed by atoms with E-state index >= 15 is 0 Å². The van der Waals surface area contributed by atoms with Crippen molar-refractivity contribution in [1.82, 2.24) is 30.1 Å². The molecule has 0 radical (unpaired) electrons. The third-order valence-corrected chi connectivity index (χ3v) is 6.46. The lowest BCUT2D eigenvalue weighted by Crippen LogP contribution is -2.32. The number of aromatic nitrogens is 5. The average molecular weight is 475 g/mol. The summed E-state index contributed by atoms with van der Waals surface area (Å²) >= 11 is 0. The molecule has 2 aromatic heterocycles. The number of methoxy groups -OCH3 is 1. The van der Waals surface area contributed by atoms with Crippen molar-refractivity contribution >= 4 is 10.9 Å². The molecule has 1 N–H and O–H groups in total. The van der Waals surface area contributed by atoms with Crippen molar-refractivity contribution in [1.29, 1.82) is 0 Å². The van der Waals surface area contributed by atoms with Gasteiger partial charge in [0.2, 0.25) is 0 Å². The van der Waals surface area contributed by atoms with E-state index in [1.54, 1.807) is 11.8 Å². The number of tetrazole rings is 1. The van der Waals surface area contributed by atoms with E-state index in [-0.39, 0.29) is 11.6 Å². The fourth-order valence-corrected chi connectivity index (χ4v) is 4.65. The molecule has 1 atom stereocenters. The molecule has 8 nitrogen and oxygen atoms in total. The third-order valence-electron chi connectivity index (χ3n) is 6.46. The monoisotopic (exact) mass is 474 g/mol. The average Bonchev–Trinajstić information content (AvgIpc) is 3.28. The minimum Gasteiger partial charge on any atom is -0.383 e. The van der Waals surface area contributed by atoms with Gasteiger partial charge in [0.15, 0.2) is 5.82 Å². The van der Waals surface area contributed by atoms with Gasteiger partial charge < -0.3 is 9.72 Å². The number of aromatic amines is 1. The minimum atomic E-state index is -0.0719. The summed E-state index contributed by atoms with van der Waals surface area (Å²) in [5, 5.41) is 13.6. The zero-order valence-corrected chi connectivity index (χ0v) is 21.2. The number of hydrogen-bond acceptors (Lipinski definition) is 6. The van der Waals surface area contributed by atoms with Gasteiger partial charge >= 0.3 is 0 Å². The molecule has 4 aromatic rings. The van der Waals surface area contributed by atoms with Crippen LogP contribution in [-0.2, 0) is 24.4 Å². The van der Waals surface area contributed by atoms with Crippen molar-refractivity contribution in [3.8, 4) is 0 Å². The molecule has 35 heavy (non-hydrogen) atoms. The van der Waals surface area contributed by atoms with Crippen molar-refractivity contribution in [2.24, 2.45) is 0 Å². The van der Waals surface area contributed by atoms with Crippen LogP contribution in [-0.4, -0.2) is 43.8 Å². The SMILES string of the molecule is CC[C@H](c1nnnn1CCOC)N(Cc1ccc(C)cc1)Cc1cc2c(C)cc(C)cc2[nH]c1=O. The number of H-pyrrole nitrogens is 1. The van der Waals surface area contributed by atoms with Crippen LogP contribution in [0, 0.1) is 20.8 Å². The lowest BCUT2D eigenvalue weighted by Gasteiger charge is -2.30. The molecule has 0 aliphatic rings. The van der Waals surface area contributed by atoms with Crippen molar-refractivity contribution in [3.05, 3.63) is 86.5 Å². The zero-order chi connectivity index (χ0) is 24.9. The summed E-state index contributed by atoms with van der Waals surface area (Å²) in [5.41, 5.74) is 6.21. The van der Waals surface area contributed by atoms with Crippen LogP contribution in [0.3, 0.4) is 0 Å². The van der Waals surface area contributed by atoms with E-state index in [0.717, 1.165) is 39.8 Å². The summed E-state index contributed by atoms with van der Waals surface area (Å²) in [7, 11) is 1.67. The van der Waals surface area contributed by atoms with Gasteiger partial charge in [-0.2, -0.15) is 0 Å². The van der Waals surface area contributed by atoms with Crippen LogP contribution in [0.25, 0.3) is 10.9 Å². The molecular weight excluding hydrogens is 440 g/mol. The van der Waals surface area contributed by atoms with E-state index in [1.165, 1.54) is 11.1 Å². The van der Waals surface area contributed by atoms with Gasteiger partial charge in [-0.15, -0.1) is 5.10 Å². The Balaban J connectivity index is 1.74. The summed E-state index contributed by atoms with van der Waals surface area (Å²) in [6.45, 7) is 10.6. The number of benzene rings is 2. The first-order valence-corrected chi connectivity index (χ1v) is 12.1. The predicted octanol–water partition coefficient (Wildman–Crippen LogP) is 4.24. The Morgan fingerprint density at radius 2 is 1.83 bits per heavy atom. The molecule has 0 unspecified atom stereocenters. The Morgan fingerprint density at radius 1 is 1.06 bits per heavy atom. The van der Waals surface area contributed by atoms with E-state index in [1.807, 2.05) is 19.1 Å². The predicted molar refractivity (Wildman–Crippen MR) is 137 cm³/mol. The van der Waals surface area contributed by atoms with Gasteiger partial charge in [0.1, 0.15) is 0 Å². The maximum atomic E-state index is 13.1. The van der Waals surface area contributed by atoms with Gasteiger partial charge in [0.25, 0.3) is 5.56 Å². The zero-order valence-electron chi connectivity index (χ0n) is 21.2. The number of nitrogens with one attached hydrogen (secondary N) is 1. The standard InChI is InChI=1S/C27H34N6O2/c1-6-25(26-29-30-31-33(26)11-12-35-5)32(16-21-9-7-18(2)8-10-21)17-22-15-23-20(4)13-19(3)14-24(23)28-27(22)34/h7-10,13-15,25H,6,11-12,16-17H2,1-5H3,(H,28,34)/t25-/m1/s1. The maximum absolute atomic E-state index is 13.1. The molecule has 8 heteroatoms. The first kappa shape index (κ1) is 24.8. The van der Waals surface area contributed by atoms with Crippen LogP contribution in [0.1, 0.15) is 53.0 Å². The first-order valence-electron chi connectivity index (χ1n) is 12.1. The molecule has 2 heterocycles. The molecular formula is C27H34N6O2. The molecule has 4 rings (SSSR count). The molecule has 0 aliphatic heterocycles. The molecule has 0 saturated heterocycles. The Hall–Kier alpha value is -3.36. The van der Waals surface area contributed by atoms with Gasteiger partial charge in [-0.3, -0.25) is 9.69 Å². The number of pyridine rings is 1. The maximum Gasteiger partial charge on any atom is 0.252 e. The number of rotatable bonds is 10. The second-order valence-electron chi connectivity index (χ2n) is 9.23. The normalized spacial score (nSPS) is 12.5. The fourth-order valence-electron chi connectivity index (χ4n) is 4.65. The van der Waals surface area contributed by atoms with Crippen LogP contribution in [0.4, 0.5) is 0 Å². The van der Waals surface area contributed by atoms with Crippen molar-refractivity contribution in [2.45, 2.75) is 59.8 Å². The van der Waals surface area contributed by atoms with E-state index in [0.29, 0.717) is 26.2 Å². The number of nitrogens with zero attached hydrogens (tertiary/aromatic N) is 5. The second-order valence-corrected chi connectivity index (χ2v) is 9.23. The number of aryl methyl sites for hydroxylation is 3. The summed E-state index contributed by atoms with van der Waals surface area (Å²) in [6, 6.07) is 14.6. The van der Waals surface area contributed by atoms with Crippen molar-refractivity contribution in [2.75, 3.05) is 13.7 Å². The smallest absolute Gasteiger partial charge is 0.252 e. The minimum absolute atomic E-state index is 0.0646. The van der Waals surface area contributed by atoms with Crippen LogP contribution < -0.4 is 5.56 Å². The summed E-state index contributed by atoms with van der Waals surface area (Å²) < 4.78 is 7.05. The Labute approximate surface area is 205 Å². The Bertz CT molecular complexity index is 1340. The summed E-state index contributed by atoms with van der Waals surface area (Å²) in [5.74, 6) is 0.778. The van der Waals surface area contributed by atoms with E-state index in [9.17, 15) is 4.79 Å². The molecule has 0 aliphatic carbocycles. The number of fused-ring (bicyclic) bond motifs is 1. The lowest BCUT2D eigenvalue weighted by molar-refractivity contribution is 0.151. The molecule has 184 valence electrons. The Kier molecular flexibility index (Phi) is 7.73. The van der Waals surface area contributed by atoms with E-state index in [2.05, 4.69) is 76.5 Å². The van der Waals surface area contributed by atoms with Crippen LogP contribution in [0.2, 0.25) is 0 Å². The summed E-state index contributed by atoms with van der Waals surface area (Å²) in [4.78, 5) is 18.5. The van der Waals surface area contributed by atoms with Gasteiger partial charge in [-0.05, 0) is 66.4 Å². The molecule has 0 spiro atoms. The van der Waals surface area contributed by atoms with Gasteiger partial charge in [0, 0.05) is 36.7 Å². The molecule has 2 aromatic carbocycles. The molecule has 0 bridgehead atoms. The highest BCUT2D eigenvalue weighted by Gasteiger charge is 2.26. The van der Waals surface area contributed by atoms with Crippen LogP contribution in [0.15, 0.2) is 47.3 Å². The molecule has 0 fully saturated rings. The summed E-state index contributed by atoms with van der Waals surface area (Å²) in [6.07, 6.45) is 0.795. The largest absolute Gasteiger partial charge is 0.383 e. The highest BCUT2D eigenvalue weighted by atomic mass is 16.5. The van der Waals surface area contributed by atoms with E-state index in [4.69, 9.17) is 4.74 Å². The van der Waals surface area contributed by atoms with Crippen molar-refractivity contribution in [3.63, 3.8) is 0 Å². The highest BCUT2D eigenvalue weighted by Crippen LogP contribution is 2.27.